The van der Waals surface area contributed by atoms with Crippen molar-refractivity contribution >= 4 is 38.9 Å². The number of thiophene rings is 1. The Kier molecular flexibility index (Phi) is 4.50. The number of carbonyl (C=O) groups excluding carboxylic acids is 1. The van der Waals surface area contributed by atoms with Crippen LogP contribution in [0.3, 0.4) is 0 Å². The molecule has 0 radical (unpaired) electrons. The highest BCUT2D eigenvalue weighted by molar-refractivity contribution is 9.10. The molecule has 0 saturated carbocycles. The minimum atomic E-state index is -0.351. The van der Waals surface area contributed by atoms with Gasteiger partial charge < -0.3 is 10.5 Å². The largest absolute Gasteiger partial charge is 0.462 e. The molecule has 106 valence electrons. The second kappa shape index (κ2) is 5.97. The van der Waals surface area contributed by atoms with Crippen LogP contribution in [-0.4, -0.2) is 12.6 Å². The molecule has 0 saturated heterocycles. The van der Waals surface area contributed by atoms with Gasteiger partial charge in [-0.05, 0) is 49.6 Å². The van der Waals surface area contributed by atoms with E-state index in [9.17, 15) is 4.79 Å². The van der Waals surface area contributed by atoms with Crippen LogP contribution in [0.15, 0.2) is 22.7 Å². The predicted molar refractivity (Wildman–Crippen MR) is 87.3 cm³/mol. The van der Waals surface area contributed by atoms with Gasteiger partial charge in [0.25, 0.3) is 0 Å². The van der Waals surface area contributed by atoms with Gasteiger partial charge >= 0.3 is 5.97 Å². The van der Waals surface area contributed by atoms with Crippen molar-refractivity contribution in [2.75, 3.05) is 12.3 Å². The van der Waals surface area contributed by atoms with E-state index in [-0.39, 0.29) is 5.97 Å². The number of rotatable bonds is 3. The molecule has 0 bridgehead atoms. The molecule has 0 amide bonds. The van der Waals surface area contributed by atoms with Crippen LogP contribution in [0.4, 0.5) is 5.69 Å². The van der Waals surface area contributed by atoms with Gasteiger partial charge in [0.2, 0.25) is 0 Å². The summed E-state index contributed by atoms with van der Waals surface area (Å²) in [6.07, 6.45) is 0. The monoisotopic (exact) mass is 353 g/mol. The van der Waals surface area contributed by atoms with Gasteiger partial charge in [0.15, 0.2) is 0 Å². The number of aryl methyl sites for hydroxylation is 1. The lowest BCUT2D eigenvalue weighted by Gasteiger charge is -2.03. The molecule has 2 aromatic rings. The zero-order chi connectivity index (χ0) is 14.9. The van der Waals surface area contributed by atoms with Crippen molar-refractivity contribution in [2.24, 2.45) is 0 Å². The summed E-state index contributed by atoms with van der Waals surface area (Å²) >= 11 is 4.88. The van der Waals surface area contributed by atoms with E-state index in [4.69, 9.17) is 10.5 Å². The van der Waals surface area contributed by atoms with E-state index in [1.807, 2.05) is 26.0 Å². The topological polar surface area (TPSA) is 52.3 Å². The van der Waals surface area contributed by atoms with Crippen molar-refractivity contribution < 1.29 is 9.53 Å². The number of nitrogens with two attached hydrogens (primary N) is 1. The number of benzene rings is 1. The first-order valence-electron chi connectivity index (χ1n) is 6.27. The van der Waals surface area contributed by atoms with E-state index >= 15 is 0 Å². The van der Waals surface area contributed by atoms with Gasteiger partial charge in [-0.2, -0.15) is 0 Å². The summed E-state index contributed by atoms with van der Waals surface area (Å²) in [5, 5.41) is 0. The van der Waals surface area contributed by atoms with E-state index < -0.39 is 0 Å². The third kappa shape index (κ3) is 2.88. The van der Waals surface area contributed by atoms with Gasteiger partial charge in [0.05, 0.1) is 12.3 Å². The van der Waals surface area contributed by atoms with Gasteiger partial charge in [-0.3, -0.25) is 0 Å². The lowest BCUT2D eigenvalue weighted by atomic mass is 10.1. The molecule has 1 aromatic carbocycles. The molecule has 0 aliphatic rings. The van der Waals surface area contributed by atoms with Gasteiger partial charge in [-0.1, -0.05) is 22.0 Å². The van der Waals surface area contributed by atoms with Crippen molar-refractivity contribution in [1.82, 2.24) is 0 Å². The quantitative estimate of drug-likeness (QED) is 0.823. The van der Waals surface area contributed by atoms with Crippen LogP contribution in [0, 0.1) is 13.8 Å². The van der Waals surface area contributed by atoms with E-state index in [2.05, 4.69) is 22.0 Å². The maximum absolute atomic E-state index is 11.9. The van der Waals surface area contributed by atoms with Crippen molar-refractivity contribution in [2.45, 2.75) is 20.8 Å². The number of nitrogen functional groups attached to an aromatic ring is 1. The Morgan fingerprint density at radius 2 is 2.05 bits per heavy atom. The predicted octanol–water partition coefficient (Wildman–Crippen LogP) is 4.55. The fourth-order valence-corrected chi connectivity index (χ4v) is 3.73. The Balaban J connectivity index is 2.53. The van der Waals surface area contributed by atoms with Crippen molar-refractivity contribution in [3.05, 3.63) is 38.7 Å². The van der Waals surface area contributed by atoms with Crippen LogP contribution in [0.5, 0.6) is 0 Å². The fraction of sp³-hybridized carbons (Fsp3) is 0.267. The van der Waals surface area contributed by atoms with Gasteiger partial charge in [-0.15, -0.1) is 11.3 Å². The van der Waals surface area contributed by atoms with E-state index in [1.165, 1.54) is 11.3 Å². The molecule has 0 spiro atoms. The Hall–Kier alpha value is -1.33. The number of anilines is 1. The van der Waals surface area contributed by atoms with Gasteiger partial charge in [-0.25, -0.2) is 4.79 Å². The zero-order valence-electron chi connectivity index (χ0n) is 11.6. The molecule has 0 aliphatic heterocycles. The molecule has 0 atom stereocenters. The summed E-state index contributed by atoms with van der Waals surface area (Å²) in [6, 6.07) is 6.15. The smallest absolute Gasteiger partial charge is 0.350 e. The van der Waals surface area contributed by atoms with Crippen LogP contribution in [0.2, 0.25) is 0 Å². The summed E-state index contributed by atoms with van der Waals surface area (Å²) in [5.41, 5.74) is 9.70. The average Bonchev–Trinajstić information content (AvgIpc) is 2.66. The molecule has 5 heteroatoms. The highest BCUT2D eigenvalue weighted by Gasteiger charge is 2.20. The molecule has 0 unspecified atom stereocenters. The molecule has 0 aliphatic carbocycles. The second-order valence-corrected chi connectivity index (χ2v) is 6.47. The zero-order valence-corrected chi connectivity index (χ0v) is 14.0. The number of hydrogen-bond donors (Lipinski definition) is 1. The van der Waals surface area contributed by atoms with Crippen LogP contribution in [0.25, 0.3) is 10.4 Å². The van der Waals surface area contributed by atoms with E-state index in [0.29, 0.717) is 17.2 Å². The maximum atomic E-state index is 11.9. The Morgan fingerprint density at radius 3 is 2.65 bits per heavy atom. The lowest BCUT2D eigenvalue weighted by Crippen LogP contribution is -2.05. The first-order valence-corrected chi connectivity index (χ1v) is 7.88. The molecule has 20 heavy (non-hydrogen) atoms. The average molecular weight is 354 g/mol. The molecule has 1 heterocycles. The molecule has 2 N–H and O–H groups in total. The molecule has 0 fully saturated rings. The van der Waals surface area contributed by atoms with Crippen LogP contribution < -0.4 is 5.73 Å². The number of carbonyl (C=O) groups is 1. The summed E-state index contributed by atoms with van der Waals surface area (Å²) in [5.74, 6) is -0.351. The number of ether oxygens (including phenoxy) is 1. The fourth-order valence-electron chi connectivity index (χ4n) is 2.02. The van der Waals surface area contributed by atoms with Crippen molar-refractivity contribution in [3.63, 3.8) is 0 Å². The summed E-state index contributed by atoms with van der Waals surface area (Å²) < 4.78 is 6.05. The summed E-state index contributed by atoms with van der Waals surface area (Å²) in [6.45, 7) is 6.10. The lowest BCUT2D eigenvalue weighted by molar-refractivity contribution is 0.0533. The molecule has 2 rings (SSSR count). The third-order valence-electron chi connectivity index (χ3n) is 2.96. The number of esters is 1. The minimum Gasteiger partial charge on any atom is -0.462 e. The third-order valence-corrected chi connectivity index (χ3v) is 4.75. The Labute approximate surface area is 130 Å². The molecule has 3 nitrogen and oxygen atoms in total. The molecule has 1 aromatic heterocycles. The van der Waals surface area contributed by atoms with Gasteiger partial charge in [0.1, 0.15) is 4.88 Å². The Bertz CT molecular complexity index is 644. The summed E-state index contributed by atoms with van der Waals surface area (Å²) in [4.78, 5) is 13.4. The highest BCUT2D eigenvalue weighted by Crippen LogP contribution is 2.39. The van der Waals surface area contributed by atoms with Crippen LogP contribution in [-0.2, 0) is 4.74 Å². The first-order chi connectivity index (χ1) is 9.43. The molecular weight excluding hydrogens is 338 g/mol. The number of halogens is 1. The standard InChI is InChI=1S/C15H16BrNO2S/c1-4-19-15(18)14-12(17)9(3)13(20-14)10-5-8(2)6-11(16)7-10/h5-7H,4,17H2,1-3H3. The Morgan fingerprint density at radius 1 is 1.35 bits per heavy atom. The second-order valence-electron chi connectivity index (χ2n) is 4.54. The van der Waals surface area contributed by atoms with Crippen LogP contribution >= 0.6 is 27.3 Å². The van der Waals surface area contributed by atoms with Crippen molar-refractivity contribution in [3.8, 4) is 10.4 Å². The van der Waals surface area contributed by atoms with Crippen LogP contribution in [0.1, 0.15) is 27.7 Å². The SMILES string of the molecule is CCOC(=O)c1sc(-c2cc(C)cc(Br)c2)c(C)c1N. The van der Waals surface area contributed by atoms with E-state index in [0.717, 1.165) is 26.0 Å². The van der Waals surface area contributed by atoms with Crippen molar-refractivity contribution in [1.29, 1.82) is 0 Å². The van der Waals surface area contributed by atoms with E-state index in [1.54, 1.807) is 6.92 Å². The van der Waals surface area contributed by atoms with Gasteiger partial charge in [0, 0.05) is 9.35 Å². The maximum Gasteiger partial charge on any atom is 0.350 e. The minimum absolute atomic E-state index is 0.348. The highest BCUT2D eigenvalue weighted by atomic mass is 79.9. The normalized spacial score (nSPS) is 10.6. The first kappa shape index (κ1) is 15.1. The molecular formula is C15H16BrNO2S. The number of hydrogen-bond acceptors (Lipinski definition) is 4. The summed E-state index contributed by atoms with van der Waals surface area (Å²) in [7, 11) is 0.